The molecule has 1 aromatic heterocycles. The average Bonchev–Trinajstić information content (AvgIpc) is 3.75. The maximum Gasteiger partial charge on any atom is 0.311 e. The smallest absolute Gasteiger partial charge is 0.311 e. The molecule has 3 fully saturated rings. The molecule has 0 spiro atoms. The molecule has 4 heterocycles. The number of carbonyl (C=O) groups is 1. The second-order valence-corrected chi connectivity index (χ2v) is 21.1. The Bertz CT molecular complexity index is 1910. The zero-order valence-corrected chi connectivity index (χ0v) is 43.2. The van der Waals surface area contributed by atoms with Crippen LogP contribution in [0.3, 0.4) is 0 Å². The number of likely N-dealkylation sites (N-methyl/N-ethyl adjacent to an activating group) is 2. The van der Waals surface area contributed by atoms with Gasteiger partial charge in [-0.3, -0.25) is 4.79 Å². The van der Waals surface area contributed by atoms with Gasteiger partial charge in [-0.15, -0.1) is 5.10 Å². The van der Waals surface area contributed by atoms with E-state index in [9.17, 15) is 34.7 Å². The second kappa shape index (κ2) is 24.2. The summed E-state index contributed by atoms with van der Waals surface area (Å²) in [6, 6.07) is 4.96. The molecule has 2 aromatic rings. The van der Waals surface area contributed by atoms with Crippen molar-refractivity contribution in [2.45, 2.75) is 198 Å². The van der Waals surface area contributed by atoms with Gasteiger partial charge in [-0.1, -0.05) is 32.1 Å². The SMILES string of the molecule is CC[C@H]1OC(=O)[C@H](C)[C@@H](OC[C@H]2C[C@@](C)(OC)[C@@H](O)[C@H](C)O2)[C@H](C)[C@@H](O[C@@H]2O[C@H](C)C[C@H](N(C)CCc3cn(CCOc4cccc(F)c4)nn3)[C@H]2O)[C@](C)(O)C[C@@H](C)CN(C)[C@H](C)[C@@H](O)[C@]1(C)O. The average molecular weight is 982 g/mol. The summed E-state index contributed by atoms with van der Waals surface area (Å²) in [5, 5.41) is 68.0. The summed E-state index contributed by atoms with van der Waals surface area (Å²) in [5.74, 6) is -2.60. The topological polar surface area (TPSA) is 220 Å². The Hall–Kier alpha value is -2.92. The number of hydrogen-bond donors (Lipinski definition) is 5. The van der Waals surface area contributed by atoms with E-state index >= 15 is 0 Å². The highest BCUT2D eigenvalue weighted by Gasteiger charge is 2.51. The fraction of sp³-hybridized carbons (Fsp3) is 0.820. The Balaban J connectivity index is 1.41. The normalized spacial score (nSPS) is 40.2. The van der Waals surface area contributed by atoms with Crippen molar-refractivity contribution in [2.24, 2.45) is 17.8 Å². The Kier molecular flexibility index (Phi) is 20.0. The quantitative estimate of drug-likeness (QED) is 0.162. The fourth-order valence-corrected chi connectivity index (χ4v) is 10.8. The van der Waals surface area contributed by atoms with E-state index in [0.29, 0.717) is 38.2 Å². The van der Waals surface area contributed by atoms with E-state index in [1.54, 1.807) is 51.4 Å². The van der Waals surface area contributed by atoms with Crippen molar-refractivity contribution >= 4 is 5.97 Å². The monoisotopic (exact) mass is 982 g/mol. The first-order valence-electron chi connectivity index (χ1n) is 24.8. The lowest BCUT2D eigenvalue weighted by Gasteiger charge is -2.48. The van der Waals surface area contributed by atoms with Crippen LogP contribution in [-0.2, 0) is 46.2 Å². The number of benzene rings is 1. The third-order valence-corrected chi connectivity index (χ3v) is 15.1. The first-order valence-corrected chi connectivity index (χ1v) is 24.8. The van der Waals surface area contributed by atoms with Crippen molar-refractivity contribution in [3.63, 3.8) is 0 Å². The number of ether oxygens (including phenoxy) is 7. The number of carbonyl (C=O) groups excluding carboxylic acids is 1. The molecule has 18 atom stereocenters. The van der Waals surface area contributed by atoms with E-state index in [1.807, 2.05) is 57.8 Å². The predicted octanol–water partition coefficient (Wildman–Crippen LogP) is 3.37. The number of cyclic esters (lactones) is 1. The van der Waals surface area contributed by atoms with Crippen molar-refractivity contribution in [2.75, 3.05) is 47.5 Å². The number of aromatic nitrogens is 3. The summed E-state index contributed by atoms with van der Waals surface area (Å²) in [6.07, 6.45) is -5.73. The first kappa shape index (κ1) is 57.0. The third-order valence-electron chi connectivity index (χ3n) is 15.1. The van der Waals surface area contributed by atoms with Crippen LogP contribution in [-0.4, -0.2) is 194 Å². The lowest BCUT2D eigenvalue weighted by molar-refractivity contribution is -0.301. The van der Waals surface area contributed by atoms with Crippen LogP contribution in [0.15, 0.2) is 30.5 Å². The number of aliphatic hydroxyl groups is 5. The molecule has 0 aliphatic carbocycles. The zero-order valence-electron chi connectivity index (χ0n) is 43.2. The summed E-state index contributed by atoms with van der Waals surface area (Å²) < 4.78 is 59.0. The van der Waals surface area contributed by atoms with Crippen molar-refractivity contribution in [3.05, 3.63) is 42.0 Å². The minimum atomic E-state index is -1.83. The van der Waals surface area contributed by atoms with Crippen LogP contribution in [0, 0.1) is 23.6 Å². The number of nitrogens with zero attached hydrogens (tertiary/aromatic N) is 5. The lowest BCUT2D eigenvalue weighted by atomic mass is 9.77. The third kappa shape index (κ3) is 14.2. The van der Waals surface area contributed by atoms with Gasteiger partial charge in [-0.2, -0.15) is 0 Å². The molecule has 1 aromatic carbocycles. The van der Waals surface area contributed by atoms with Crippen molar-refractivity contribution in [3.8, 4) is 5.75 Å². The number of hydrogen-bond acceptors (Lipinski definition) is 17. The van der Waals surface area contributed by atoms with Gasteiger partial charge in [0.2, 0.25) is 0 Å². The molecular weight excluding hydrogens is 898 g/mol. The van der Waals surface area contributed by atoms with Crippen molar-refractivity contribution < 1.29 is 67.9 Å². The van der Waals surface area contributed by atoms with Crippen LogP contribution < -0.4 is 4.74 Å². The largest absolute Gasteiger partial charge is 0.492 e. The molecule has 3 aliphatic heterocycles. The molecule has 0 bridgehead atoms. The highest BCUT2D eigenvalue weighted by Crippen LogP contribution is 2.39. The van der Waals surface area contributed by atoms with Gasteiger partial charge in [0.15, 0.2) is 6.29 Å². The van der Waals surface area contributed by atoms with Gasteiger partial charge in [0, 0.05) is 63.3 Å². The van der Waals surface area contributed by atoms with Crippen LogP contribution in [0.1, 0.15) is 101 Å². The van der Waals surface area contributed by atoms with E-state index in [-0.39, 0.29) is 50.3 Å². The maximum atomic E-state index is 14.4. The molecule has 394 valence electrons. The van der Waals surface area contributed by atoms with Gasteiger partial charge >= 0.3 is 5.97 Å². The van der Waals surface area contributed by atoms with Crippen LogP contribution >= 0.6 is 0 Å². The molecule has 5 rings (SSSR count). The van der Waals surface area contributed by atoms with Gasteiger partial charge in [-0.25, -0.2) is 9.07 Å². The van der Waals surface area contributed by atoms with Gasteiger partial charge < -0.3 is 68.5 Å². The predicted molar refractivity (Wildman–Crippen MR) is 254 cm³/mol. The maximum absolute atomic E-state index is 14.4. The van der Waals surface area contributed by atoms with Gasteiger partial charge in [0.05, 0.1) is 66.5 Å². The van der Waals surface area contributed by atoms with Gasteiger partial charge in [-0.05, 0) is 99.9 Å². The molecule has 0 amide bonds. The van der Waals surface area contributed by atoms with E-state index < -0.39 is 102 Å². The number of rotatable bonds is 15. The molecule has 69 heavy (non-hydrogen) atoms. The highest BCUT2D eigenvalue weighted by atomic mass is 19.1. The Labute approximate surface area is 408 Å². The molecule has 0 unspecified atom stereocenters. The first-order chi connectivity index (χ1) is 32.3. The van der Waals surface area contributed by atoms with E-state index in [1.165, 1.54) is 26.2 Å². The Morgan fingerprint density at radius 1 is 1.01 bits per heavy atom. The van der Waals surface area contributed by atoms with Gasteiger partial charge in [0.1, 0.15) is 48.2 Å². The Morgan fingerprint density at radius 3 is 2.39 bits per heavy atom. The summed E-state index contributed by atoms with van der Waals surface area (Å²) >= 11 is 0. The zero-order chi connectivity index (χ0) is 51.2. The minimum absolute atomic E-state index is 0.0211. The number of esters is 1. The molecule has 5 N–H and O–H groups in total. The summed E-state index contributed by atoms with van der Waals surface area (Å²) in [7, 11) is 5.29. The van der Waals surface area contributed by atoms with Crippen molar-refractivity contribution in [1.82, 2.24) is 24.8 Å². The van der Waals surface area contributed by atoms with Crippen LogP contribution in [0.2, 0.25) is 0 Å². The van der Waals surface area contributed by atoms with Crippen LogP contribution in [0.25, 0.3) is 0 Å². The second-order valence-electron chi connectivity index (χ2n) is 21.1. The van der Waals surface area contributed by atoms with Gasteiger partial charge in [0.25, 0.3) is 0 Å². The van der Waals surface area contributed by atoms with E-state index in [0.717, 1.165) is 5.69 Å². The number of halogens is 1. The minimum Gasteiger partial charge on any atom is -0.492 e. The van der Waals surface area contributed by atoms with Crippen molar-refractivity contribution in [1.29, 1.82) is 0 Å². The molecule has 3 saturated heterocycles. The molecule has 3 aliphatic rings. The summed E-state index contributed by atoms with van der Waals surface area (Å²) in [4.78, 5) is 18.4. The molecule has 0 saturated carbocycles. The van der Waals surface area contributed by atoms with E-state index in [4.69, 9.17) is 33.2 Å². The number of methoxy groups -OCH3 is 1. The van der Waals surface area contributed by atoms with E-state index in [2.05, 4.69) is 10.3 Å². The highest BCUT2D eigenvalue weighted by molar-refractivity contribution is 5.73. The van der Waals surface area contributed by atoms with Crippen LogP contribution in [0.4, 0.5) is 4.39 Å². The summed E-state index contributed by atoms with van der Waals surface area (Å²) in [5.41, 5.74) is -3.64. The lowest BCUT2D eigenvalue weighted by Crippen LogP contribution is -2.60. The standard InChI is InChI=1S/C50H84FN5O13/c1-14-40-50(10,62)43(58)33(6)55(12)26-29(2)24-48(8,61)45(31(4)42(32(5)46(60)68-40)65-28-38-25-49(9,63-13)44(59)34(7)67-38)69-47-41(57)39(22-30(3)66-47)54(11)19-18-36-27-56(53-52-36)20-21-64-37-17-15-16-35(51)23-37/h15-17,23,27,29-34,38-45,47,57-59,61-62H,14,18-22,24-26,28H2,1-13H3/t29-,30-,31+,32-,33-,34+,38-,39+,40-,41-,42+,43-,44+,45-,47+,48-,49-,50-/m1/s1. The Morgan fingerprint density at radius 2 is 1.72 bits per heavy atom. The fourth-order valence-electron chi connectivity index (χ4n) is 10.8. The summed E-state index contributed by atoms with van der Waals surface area (Å²) in [6.45, 7) is 19.3. The molecule has 19 heteroatoms. The molecule has 0 radical (unpaired) electrons. The molecular formula is C50H84FN5O13. The number of aliphatic hydroxyl groups excluding tert-OH is 3. The molecule has 18 nitrogen and oxygen atoms in total. The van der Waals surface area contributed by atoms with Crippen LogP contribution in [0.5, 0.6) is 5.75 Å².